The number of rotatable bonds is 4. The third kappa shape index (κ3) is 4.27. The minimum absolute atomic E-state index is 0.0655. The number of halogens is 1. The van der Waals surface area contributed by atoms with E-state index < -0.39 is 5.82 Å². The molecule has 2 amide bonds. The summed E-state index contributed by atoms with van der Waals surface area (Å²) in [5, 5.41) is 2.59. The molecule has 1 saturated heterocycles. The Morgan fingerprint density at radius 1 is 1.32 bits per heavy atom. The van der Waals surface area contributed by atoms with Crippen molar-refractivity contribution in [2.24, 2.45) is 0 Å². The van der Waals surface area contributed by atoms with Gasteiger partial charge in [0.1, 0.15) is 5.82 Å². The highest BCUT2D eigenvalue weighted by molar-refractivity contribution is 5.92. The lowest BCUT2D eigenvalue weighted by molar-refractivity contribution is -0.130. The molecule has 1 aliphatic heterocycles. The van der Waals surface area contributed by atoms with E-state index in [1.165, 1.54) is 6.07 Å². The summed E-state index contributed by atoms with van der Waals surface area (Å²) >= 11 is 0. The topological polar surface area (TPSA) is 52.7 Å². The zero-order chi connectivity index (χ0) is 16.1. The summed E-state index contributed by atoms with van der Waals surface area (Å²) in [4.78, 5) is 27.1. The van der Waals surface area contributed by atoms with Crippen LogP contribution in [0.15, 0.2) is 24.3 Å². The largest absolute Gasteiger partial charge is 0.343 e. The van der Waals surface area contributed by atoms with Gasteiger partial charge in [0.2, 0.25) is 11.8 Å². The van der Waals surface area contributed by atoms with Crippen molar-refractivity contribution < 1.29 is 14.0 Å². The summed E-state index contributed by atoms with van der Waals surface area (Å²) in [6.45, 7) is 3.32. The summed E-state index contributed by atoms with van der Waals surface area (Å²) in [5.41, 5.74) is 0.207. The van der Waals surface area contributed by atoms with Gasteiger partial charge in [0.05, 0.1) is 12.2 Å². The van der Waals surface area contributed by atoms with Gasteiger partial charge in [0, 0.05) is 33.1 Å². The molecular weight excluding hydrogens is 285 g/mol. The van der Waals surface area contributed by atoms with Crippen molar-refractivity contribution in [1.29, 1.82) is 0 Å². The van der Waals surface area contributed by atoms with E-state index in [1.54, 1.807) is 30.0 Å². The predicted octanol–water partition coefficient (Wildman–Crippen LogP) is 1.71. The summed E-state index contributed by atoms with van der Waals surface area (Å²) in [7, 11) is 1.81. The summed E-state index contributed by atoms with van der Waals surface area (Å²) in [6, 6.07) is 6.37. The molecule has 1 aliphatic rings. The molecule has 1 aromatic rings. The van der Waals surface area contributed by atoms with Gasteiger partial charge in [-0.25, -0.2) is 4.39 Å². The molecule has 120 valence electrons. The Morgan fingerprint density at radius 3 is 2.55 bits per heavy atom. The Morgan fingerprint density at radius 2 is 1.95 bits per heavy atom. The van der Waals surface area contributed by atoms with Crippen LogP contribution in [0.2, 0.25) is 0 Å². The molecule has 0 aliphatic carbocycles. The molecular formula is C16H22FN3O2. The zero-order valence-electron chi connectivity index (χ0n) is 13.0. The van der Waals surface area contributed by atoms with Gasteiger partial charge in [0.15, 0.2) is 0 Å². The molecule has 2 rings (SSSR count). The first-order chi connectivity index (χ1) is 10.5. The standard InChI is InChI=1S/C16H22FN3O2/c1-12(21)19(2)13-7-9-20(10-8-13)11-16(22)18-15-6-4-3-5-14(15)17/h3-6,13H,7-11H2,1-2H3,(H,18,22). The van der Waals surface area contributed by atoms with Gasteiger partial charge in [-0.1, -0.05) is 12.1 Å². The van der Waals surface area contributed by atoms with Crippen molar-refractivity contribution in [3.05, 3.63) is 30.1 Å². The number of piperidine rings is 1. The second-order valence-corrected chi connectivity index (χ2v) is 5.67. The van der Waals surface area contributed by atoms with Gasteiger partial charge in [-0.15, -0.1) is 0 Å². The highest BCUT2D eigenvalue weighted by Crippen LogP contribution is 2.16. The van der Waals surface area contributed by atoms with Crippen LogP contribution in [0, 0.1) is 5.82 Å². The summed E-state index contributed by atoms with van der Waals surface area (Å²) in [5.74, 6) is -0.586. The van der Waals surface area contributed by atoms with Crippen LogP contribution in [0.3, 0.4) is 0 Å². The number of hydrogen-bond donors (Lipinski definition) is 1. The SMILES string of the molecule is CC(=O)N(C)C1CCN(CC(=O)Nc2ccccc2F)CC1. The second kappa shape index (κ2) is 7.35. The molecule has 0 aromatic heterocycles. The van der Waals surface area contributed by atoms with Crippen molar-refractivity contribution in [3.8, 4) is 0 Å². The van der Waals surface area contributed by atoms with E-state index in [9.17, 15) is 14.0 Å². The fraction of sp³-hybridized carbons (Fsp3) is 0.500. The highest BCUT2D eigenvalue weighted by Gasteiger charge is 2.24. The number of carbonyl (C=O) groups is 2. The number of likely N-dealkylation sites (tertiary alicyclic amines) is 1. The number of nitrogens with one attached hydrogen (secondary N) is 1. The van der Waals surface area contributed by atoms with E-state index in [1.807, 2.05) is 11.9 Å². The number of nitrogens with zero attached hydrogens (tertiary/aromatic N) is 2. The van der Waals surface area contributed by atoms with Gasteiger partial charge in [-0.3, -0.25) is 14.5 Å². The third-order valence-corrected chi connectivity index (χ3v) is 4.12. The molecule has 1 aromatic carbocycles. The van der Waals surface area contributed by atoms with Gasteiger partial charge >= 0.3 is 0 Å². The van der Waals surface area contributed by atoms with E-state index in [0.717, 1.165) is 25.9 Å². The molecule has 0 radical (unpaired) electrons. The zero-order valence-corrected chi connectivity index (χ0v) is 13.0. The van der Waals surface area contributed by atoms with E-state index >= 15 is 0 Å². The van der Waals surface area contributed by atoms with Crippen molar-refractivity contribution >= 4 is 17.5 Å². The number of hydrogen-bond acceptors (Lipinski definition) is 3. The first-order valence-electron chi connectivity index (χ1n) is 7.47. The maximum atomic E-state index is 13.5. The molecule has 0 bridgehead atoms. The predicted molar refractivity (Wildman–Crippen MR) is 82.9 cm³/mol. The quantitative estimate of drug-likeness (QED) is 0.921. The molecule has 6 heteroatoms. The second-order valence-electron chi connectivity index (χ2n) is 5.67. The number of benzene rings is 1. The first-order valence-corrected chi connectivity index (χ1v) is 7.47. The number of carbonyl (C=O) groups excluding carboxylic acids is 2. The van der Waals surface area contributed by atoms with E-state index in [2.05, 4.69) is 5.32 Å². The van der Waals surface area contributed by atoms with Gasteiger partial charge in [-0.05, 0) is 25.0 Å². The van der Waals surface area contributed by atoms with Crippen LogP contribution in [-0.4, -0.2) is 54.3 Å². The van der Waals surface area contributed by atoms with Gasteiger partial charge in [0.25, 0.3) is 0 Å². The maximum Gasteiger partial charge on any atom is 0.238 e. The molecule has 5 nitrogen and oxygen atoms in total. The molecule has 0 unspecified atom stereocenters. The van der Waals surface area contributed by atoms with Crippen LogP contribution in [0.1, 0.15) is 19.8 Å². The van der Waals surface area contributed by atoms with Crippen LogP contribution in [0.4, 0.5) is 10.1 Å². The van der Waals surface area contributed by atoms with Crippen LogP contribution >= 0.6 is 0 Å². The Balaban J connectivity index is 1.80. The fourth-order valence-electron chi connectivity index (χ4n) is 2.68. The maximum absolute atomic E-state index is 13.5. The van der Waals surface area contributed by atoms with Gasteiger partial charge < -0.3 is 10.2 Å². The molecule has 1 fully saturated rings. The Hall–Kier alpha value is -1.95. The summed E-state index contributed by atoms with van der Waals surface area (Å²) < 4.78 is 13.5. The number of anilines is 1. The van der Waals surface area contributed by atoms with Crippen LogP contribution < -0.4 is 5.32 Å². The lowest BCUT2D eigenvalue weighted by Crippen LogP contribution is -2.46. The van der Waals surface area contributed by atoms with E-state index in [-0.39, 0.29) is 30.1 Å². The van der Waals surface area contributed by atoms with Crippen molar-refractivity contribution in [3.63, 3.8) is 0 Å². The minimum Gasteiger partial charge on any atom is -0.343 e. The molecule has 1 N–H and O–H groups in total. The Bertz CT molecular complexity index is 542. The fourth-order valence-corrected chi connectivity index (χ4v) is 2.68. The molecule has 0 spiro atoms. The van der Waals surface area contributed by atoms with Crippen LogP contribution in [-0.2, 0) is 9.59 Å². The molecule has 1 heterocycles. The van der Waals surface area contributed by atoms with Gasteiger partial charge in [-0.2, -0.15) is 0 Å². The van der Waals surface area contributed by atoms with E-state index in [0.29, 0.717) is 0 Å². The number of para-hydroxylation sites is 1. The van der Waals surface area contributed by atoms with Crippen LogP contribution in [0.25, 0.3) is 0 Å². The lowest BCUT2D eigenvalue weighted by atomic mass is 10.0. The Labute approximate surface area is 130 Å². The molecule has 0 atom stereocenters. The van der Waals surface area contributed by atoms with E-state index in [4.69, 9.17) is 0 Å². The first kappa shape index (κ1) is 16.4. The normalized spacial score (nSPS) is 16.3. The smallest absolute Gasteiger partial charge is 0.238 e. The average molecular weight is 307 g/mol. The minimum atomic E-state index is -0.433. The highest BCUT2D eigenvalue weighted by atomic mass is 19.1. The van der Waals surface area contributed by atoms with Crippen molar-refractivity contribution in [2.45, 2.75) is 25.8 Å². The van der Waals surface area contributed by atoms with Crippen LogP contribution in [0.5, 0.6) is 0 Å². The number of amides is 2. The van der Waals surface area contributed by atoms with Crippen molar-refractivity contribution in [1.82, 2.24) is 9.80 Å². The monoisotopic (exact) mass is 307 g/mol. The molecule has 22 heavy (non-hydrogen) atoms. The summed E-state index contributed by atoms with van der Waals surface area (Å²) in [6.07, 6.45) is 1.70. The lowest BCUT2D eigenvalue weighted by Gasteiger charge is -2.36. The van der Waals surface area contributed by atoms with Crippen molar-refractivity contribution in [2.75, 3.05) is 32.0 Å². The molecule has 0 saturated carbocycles. The Kier molecular flexibility index (Phi) is 5.49. The average Bonchev–Trinajstić information content (AvgIpc) is 2.49. The third-order valence-electron chi connectivity index (χ3n) is 4.12.